The number of esters is 2. The molecule has 0 radical (unpaired) electrons. The summed E-state index contributed by atoms with van der Waals surface area (Å²) in [7, 11) is 2.57. The maximum atomic E-state index is 13.8. The molecule has 6 nitrogen and oxygen atoms in total. The molecule has 1 aliphatic rings. The second kappa shape index (κ2) is 7.82. The Kier molecular flexibility index (Phi) is 5.48. The minimum atomic E-state index is -0.590. The Balaban J connectivity index is 2.25. The Morgan fingerprint density at radius 3 is 2.63 bits per heavy atom. The molecular formula is C20H23FN2O4. The van der Waals surface area contributed by atoms with E-state index in [1.54, 1.807) is 6.07 Å². The van der Waals surface area contributed by atoms with Gasteiger partial charge in [-0.15, -0.1) is 0 Å². The number of methoxy groups -OCH3 is 2. The van der Waals surface area contributed by atoms with E-state index in [0.717, 1.165) is 29.6 Å². The Labute approximate surface area is 156 Å². The van der Waals surface area contributed by atoms with E-state index < -0.39 is 11.9 Å². The van der Waals surface area contributed by atoms with Crippen molar-refractivity contribution in [1.29, 1.82) is 0 Å². The summed E-state index contributed by atoms with van der Waals surface area (Å²) in [5.74, 6) is -1.52. The lowest BCUT2D eigenvalue weighted by atomic mass is 9.99. The lowest BCUT2D eigenvalue weighted by Gasteiger charge is -2.25. The van der Waals surface area contributed by atoms with Gasteiger partial charge in [0.2, 0.25) is 0 Å². The van der Waals surface area contributed by atoms with E-state index in [-0.39, 0.29) is 23.5 Å². The number of nitrogens with zero attached hydrogens (tertiary/aromatic N) is 1. The van der Waals surface area contributed by atoms with Gasteiger partial charge in [-0.05, 0) is 43.5 Å². The first-order chi connectivity index (χ1) is 13.0. The third-order valence-corrected chi connectivity index (χ3v) is 4.96. The summed E-state index contributed by atoms with van der Waals surface area (Å²) in [5.41, 5.74) is 2.99. The predicted octanol–water partition coefficient (Wildman–Crippen LogP) is 2.72. The molecule has 7 heteroatoms. The van der Waals surface area contributed by atoms with Crippen LogP contribution in [-0.2, 0) is 31.9 Å². The second-order valence-electron chi connectivity index (χ2n) is 6.44. The Morgan fingerprint density at radius 2 is 1.96 bits per heavy atom. The zero-order valence-electron chi connectivity index (χ0n) is 15.7. The number of carbonyl (C=O) groups is 2. The van der Waals surface area contributed by atoms with Gasteiger partial charge in [-0.2, -0.15) is 0 Å². The quantitative estimate of drug-likeness (QED) is 0.837. The van der Waals surface area contributed by atoms with E-state index in [1.807, 2.05) is 11.8 Å². The molecule has 0 saturated carbocycles. The van der Waals surface area contributed by atoms with Gasteiger partial charge in [0.25, 0.3) is 0 Å². The number of H-pyrrole nitrogens is 1. The number of nitrogens with one attached hydrogen (secondary N) is 1. The number of benzene rings is 1. The van der Waals surface area contributed by atoms with Crippen LogP contribution in [0.1, 0.15) is 24.6 Å². The van der Waals surface area contributed by atoms with Crippen LogP contribution >= 0.6 is 0 Å². The van der Waals surface area contributed by atoms with Crippen molar-refractivity contribution < 1.29 is 23.5 Å². The van der Waals surface area contributed by atoms with Crippen molar-refractivity contribution >= 4 is 22.8 Å². The van der Waals surface area contributed by atoms with Gasteiger partial charge in [0, 0.05) is 36.1 Å². The summed E-state index contributed by atoms with van der Waals surface area (Å²) < 4.78 is 23.7. The Bertz CT molecular complexity index is 916. The zero-order chi connectivity index (χ0) is 19.6. The van der Waals surface area contributed by atoms with Gasteiger partial charge >= 0.3 is 11.9 Å². The fourth-order valence-electron chi connectivity index (χ4n) is 3.66. The summed E-state index contributed by atoms with van der Waals surface area (Å²) in [5, 5.41) is 0.709. The summed E-state index contributed by atoms with van der Waals surface area (Å²) in [6.07, 6.45) is 1.66. The Hall–Kier alpha value is -2.83. The number of fused-ring (bicyclic) bond motifs is 3. The monoisotopic (exact) mass is 374 g/mol. The number of ether oxygens (including phenoxy) is 2. The third kappa shape index (κ3) is 3.54. The van der Waals surface area contributed by atoms with Crippen molar-refractivity contribution in [3.63, 3.8) is 0 Å². The largest absolute Gasteiger partial charge is 0.466 e. The normalized spacial score (nSPS) is 17.7. The number of rotatable bonds is 3. The average molecular weight is 374 g/mol. The Morgan fingerprint density at radius 1 is 1.22 bits per heavy atom. The van der Waals surface area contributed by atoms with Crippen LogP contribution in [0.5, 0.6) is 0 Å². The number of aromatic amines is 1. The molecule has 3 rings (SSSR count). The molecule has 0 amide bonds. The molecule has 1 aliphatic heterocycles. The predicted molar refractivity (Wildman–Crippen MR) is 98.6 cm³/mol. The van der Waals surface area contributed by atoms with Gasteiger partial charge < -0.3 is 19.4 Å². The van der Waals surface area contributed by atoms with E-state index in [9.17, 15) is 14.0 Å². The first-order valence-corrected chi connectivity index (χ1v) is 8.93. The van der Waals surface area contributed by atoms with Crippen LogP contribution in [0.25, 0.3) is 10.9 Å². The van der Waals surface area contributed by atoms with Crippen molar-refractivity contribution in [2.24, 2.45) is 0 Å². The molecule has 144 valence electrons. The average Bonchev–Trinajstić information content (AvgIpc) is 3.03. The van der Waals surface area contributed by atoms with E-state index in [0.29, 0.717) is 18.5 Å². The first-order valence-electron chi connectivity index (χ1n) is 8.93. The number of halogens is 1. The number of likely N-dealkylation sites (N-methyl/N-ethyl adjacent to an activating group) is 1. The topological polar surface area (TPSA) is 71.6 Å². The maximum Gasteiger partial charge on any atom is 0.354 e. The second-order valence-corrected chi connectivity index (χ2v) is 6.44. The van der Waals surface area contributed by atoms with Crippen molar-refractivity contribution in [2.45, 2.75) is 26.2 Å². The highest BCUT2D eigenvalue weighted by molar-refractivity contribution is 6.01. The third-order valence-electron chi connectivity index (χ3n) is 4.96. The minimum Gasteiger partial charge on any atom is -0.466 e. The van der Waals surface area contributed by atoms with E-state index in [1.165, 1.54) is 26.4 Å². The van der Waals surface area contributed by atoms with Gasteiger partial charge in [0.05, 0.1) is 19.8 Å². The molecule has 0 fully saturated rings. The van der Waals surface area contributed by atoms with Crippen molar-refractivity contribution in [1.82, 2.24) is 9.88 Å². The van der Waals surface area contributed by atoms with Crippen molar-refractivity contribution in [3.05, 3.63) is 46.5 Å². The molecule has 0 saturated heterocycles. The SMILES string of the molecule is CCN1CCCc2[nH]c3ccc(F)cc3c2C/C(C(=O)OC)=C\1C(=O)OC. The molecule has 0 unspecified atom stereocenters. The van der Waals surface area contributed by atoms with Crippen LogP contribution < -0.4 is 0 Å². The standard InChI is InChI=1S/C20H23FN2O4/c1-4-23-9-5-6-16-14(13-10-12(21)7-8-17(13)22-16)11-15(19(24)26-2)18(23)20(25)27-3/h7-8,10,22H,4-6,9,11H2,1-3H3/b18-15+. The van der Waals surface area contributed by atoms with E-state index >= 15 is 0 Å². The molecule has 1 N–H and O–H groups in total. The maximum absolute atomic E-state index is 13.8. The van der Waals surface area contributed by atoms with Crippen LogP contribution in [0.15, 0.2) is 29.5 Å². The summed E-state index contributed by atoms with van der Waals surface area (Å²) in [6, 6.07) is 4.53. The van der Waals surface area contributed by atoms with Crippen LogP contribution in [0.3, 0.4) is 0 Å². The van der Waals surface area contributed by atoms with Gasteiger partial charge in [-0.1, -0.05) is 0 Å². The minimum absolute atomic E-state index is 0.159. The highest BCUT2D eigenvalue weighted by atomic mass is 19.1. The molecule has 2 heterocycles. The number of hydrogen-bond donors (Lipinski definition) is 1. The summed E-state index contributed by atoms with van der Waals surface area (Å²) in [6.45, 7) is 3.05. The summed E-state index contributed by atoms with van der Waals surface area (Å²) >= 11 is 0. The molecular weight excluding hydrogens is 351 g/mol. The molecule has 1 aromatic heterocycles. The van der Waals surface area contributed by atoms with E-state index in [2.05, 4.69) is 4.98 Å². The van der Waals surface area contributed by atoms with Crippen molar-refractivity contribution in [2.75, 3.05) is 27.3 Å². The molecule has 0 spiro atoms. The summed E-state index contributed by atoms with van der Waals surface area (Å²) in [4.78, 5) is 30.3. The van der Waals surface area contributed by atoms with Crippen LogP contribution in [-0.4, -0.2) is 49.1 Å². The lowest BCUT2D eigenvalue weighted by molar-refractivity contribution is -0.140. The fraction of sp³-hybridized carbons (Fsp3) is 0.400. The molecule has 2 aromatic rings. The van der Waals surface area contributed by atoms with Gasteiger partial charge in [0.1, 0.15) is 11.5 Å². The van der Waals surface area contributed by atoms with Crippen LogP contribution in [0.2, 0.25) is 0 Å². The molecule has 0 bridgehead atoms. The van der Waals surface area contributed by atoms with Crippen LogP contribution in [0.4, 0.5) is 4.39 Å². The highest BCUT2D eigenvalue weighted by Gasteiger charge is 2.30. The number of aryl methyl sites for hydroxylation is 1. The first kappa shape index (κ1) is 18.9. The zero-order valence-corrected chi connectivity index (χ0v) is 15.7. The van der Waals surface area contributed by atoms with E-state index in [4.69, 9.17) is 9.47 Å². The molecule has 0 atom stereocenters. The smallest absolute Gasteiger partial charge is 0.354 e. The number of hydrogen-bond acceptors (Lipinski definition) is 5. The highest BCUT2D eigenvalue weighted by Crippen LogP contribution is 2.30. The number of aromatic nitrogens is 1. The fourth-order valence-corrected chi connectivity index (χ4v) is 3.66. The molecule has 0 aliphatic carbocycles. The molecule has 27 heavy (non-hydrogen) atoms. The van der Waals surface area contributed by atoms with Crippen molar-refractivity contribution in [3.8, 4) is 0 Å². The lowest BCUT2D eigenvalue weighted by Crippen LogP contribution is -2.32. The number of carbonyl (C=O) groups excluding carboxylic acids is 2. The van der Waals surface area contributed by atoms with Gasteiger partial charge in [-0.25, -0.2) is 14.0 Å². The molecule has 1 aromatic carbocycles. The van der Waals surface area contributed by atoms with Gasteiger partial charge in [0.15, 0.2) is 0 Å². The van der Waals surface area contributed by atoms with Gasteiger partial charge in [-0.3, -0.25) is 0 Å². The van der Waals surface area contributed by atoms with Crippen LogP contribution in [0, 0.1) is 5.82 Å².